The van der Waals surface area contributed by atoms with Crippen molar-refractivity contribution in [3.05, 3.63) is 0 Å². The SMILES string of the molecule is CC1CCNC(C(=O)N2CCC(C)C2C(=O)O)C1. The summed E-state index contributed by atoms with van der Waals surface area (Å²) in [6.07, 6.45) is 2.68. The van der Waals surface area contributed by atoms with Crippen LogP contribution in [0.25, 0.3) is 0 Å². The Morgan fingerprint density at radius 3 is 2.61 bits per heavy atom. The molecule has 2 fully saturated rings. The molecule has 102 valence electrons. The number of hydrogen-bond acceptors (Lipinski definition) is 3. The van der Waals surface area contributed by atoms with Crippen molar-refractivity contribution in [3.8, 4) is 0 Å². The van der Waals surface area contributed by atoms with Gasteiger partial charge in [0.25, 0.3) is 0 Å². The molecule has 2 N–H and O–H groups in total. The Bertz CT molecular complexity index is 345. The zero-order valence-corrected chi connectivity index (χ0v) is 11.1. The molecule has 4 unspecified atom stereocenters. The number of carboxylic acid groups (broad SMARTS) is 1. The number of amides is 1. The minimum Gasteiger partial charge on any atom is -0.480 e. The van der Waals surface area contributed by atoms with E-state index in [-0.39, 0.29) is 17.9 Å². The summed E-state index contributed by atoms with van der Waals surface area (Å²) in [6.45, 7) is 5.47. The fourth-order valence-electron chi connectivity index (χ4n) is 3.07. The zero-order valence-electron chi connectivity index (χ0n) is 11.1. The normalized spacial score (nSPS) is 36.7. The first-order chi connectivity index (χ1) is 8.50. The van der Waals surface area contributed by atoms with E-state index in [1.165, 1.54) is 0 Å². The fourth-order valence-corrected chi connectivity index (χ4v) is 3.07. The number of hydrogen-bond donors (Lipinski definition) is 2. The third-order valence-corrected chi connectivity index (χ3v) is 4.20. The third kappa shape index (κ3) is 2.51. The Labute approximate surface area is 108 Å². The van der Waals surface area contributed by atoms with Crippen molar-refractivity contribution < 1.29 is 14.7 Å². The molecule has 4 atom stereocenters. The maximum Gasteiger partial charge on any atom is 0.326 e. The highest BCUT2D eigenvalue weighted by Gasteiger charge is 2.42. The van der Waals surface area contributed by atoms with Crippen LogP contribution < -0.4 is 5.32 Å². The van der Waals surface area contributed by atoms with Gasteiger partial charge >= 0.3 is 5.97 Å². The minimum absolute atomic E-state index is 0.0294. The van der Waals surface area contributed by atoms with E-state index in [1.807, 2.05) is 6.92 Å². The van der Waals surface area contributed by atoms with Gasteiger partial charge < -0.3 is 15.3 Å². The van der Waals surface area contributed by atoms with Gasteiger partial charge in [-0.2, -0.15) is 0 Å². The van der Waals surface area contributed by atoms with E-state index in [1.54, 1.807) is 4.90 Å². The lowest BCUT2D eigenvalue weighted by molar-refractivity contribution is -0.150. The lowest BCUT2D eigenvalue weighted by Crippen LogP contribution is -2.53. The number of carboxylic acids is 1. The number of likely N-dealkylation sites (tertiary alicyclic amines) is 1. The molecule has 2 rings (SSSR count). The number of nitrogens with one attached hydrogen (secondary N) is 1. The summed E-state index contributed by atoms with van der Waals surface area (Å²) >= 11 is 0. The van der Waals surface area contributed by atoms with Crippen LogP contribution >= 0.6 is 0 Å². The molecule has 2 heterocycles. The van der Waals surface area contributed by atoms with Gasteiger partial charge in [0, 0.05) is 6.54 Å². The van der Waals surface area contributed by atoms with Crippen molar-refractivity contribution in [2.45, 2.75) is 45.2 Å². The maximum absolute atomic E-state index is 12.4. The summed E-state index contributed by atoms with van der Waals surface area (Å²) in [7, 11) is 0. The average Bonchev–Trinajstić information content (AvgIpc) is 2.70. The molecule has 0 aromatic rings. The fraction of sp³-hybridized carbons (Fsp3) is 0.846. The largest absolute Gasteiger partial charge is 0.480 e. The van der Waals surface area contributed by atoms with E-state index in [0.29, 0.717) is 12.5 Å². The minimum atomic E-state index is -0.878. The first-order valence-electron chi connectivity index (χ1n) is 6.77. The Kier molecular flexibility index (Phi) is 3.90. The molecule has 2 aliphatic heterocycles. The average molecular weight is 254 g/mol. The van der Waals surface area contributed by atoms with Crippen LogP contribution in [-0.2, 0) is 9.59 Å². The van der Waals surface area contributed by atoms with Crippen LogP contribution in [0, 0.1) is 11.8 Å². The summed E-state index contributed by atoms with van der Waals surface area (Å²) < 4.78 is 0. The molecule has 0 saturated carbocycles. The molecule has 5 nitrogen and oxygen atoms in total. The molecule has 0 spiro atoms. The van der Waals surface area contributed by atoms with Gasteiger partial charge in [-0.3, -0.25) is 4.79 Å². The Morgan fingerprint density at radius 1 is 1.28 bits per heavy atom. The van der Waals surface area contributed by atoms with Crippen LogP contribution in [0.2, 0.25) is 0 Å². The summed E-state index contributed by atoms with van der Waals surface area (Å²) in [5, 5.41) is 12.5. The Balaban J connectivity index is 2.06. The molecule has 2 saturated heterocycles. The smallest absolute Gasteiger partial charge is 0.326 e. The number of aliphatic carboxylic acids is 1. The molecular weight excluding hydrogens is 232 g/mol. The third-order valence-electron chi connectivity index (χ3n) is 4.20. The van der Waals surface area contributed by atoms with E-state index >= 15 is 0 Å². The standard InChI is InChI=1S/C13H22N2O3/c1-8-3-5-14-10(7-8)12(16)15-6-4-9(2)11(15)13(17)18/h8-11,14H,3-7H2,1-2H3,(H,17,18). The highest BCUT2D eigenvalue weighted by atomic mass is 16.4. The van der Waals surface area contributed by atoms with E-state index in [0.717, 1.165) is 25.8 Å². The van der Waals surface area contributed by atoms with Gasteiger partial charge in [0.05, 0.1) is 6.04 Å². The van der Waals surface area contributed by atoms with Gasteiger partial charge in [-0.05, 0) is 37.6 Å². The summed E-state index contributed by atoms with van der Waals surface area (Å²) in [5.41, 5.74) is 0. The molecule has 0 bridgehead atoms. The van der Waals surface area contributed by atoms with Crippen molar-refractivity contribution in [2.24, 2.45) is 11.8 Å². The molecule has 0 aliphatic carbocycles. The van der Waals surface area contributed by atoms with Crippen LogP contribution in [0.5, 0.6) is 0 Å². The predicted molar refractivity (Wildman–Crippen MR) is 67.1 cm³/mol. The molecule has 0 aromatic heterocycles. The van der Waals surface area contributed by atoms with Crippen LogP contribution in [0.3, 0.4) is 0 Å². The molecule has 2 aliphatic rings. The van der Waals surface area contributed by atoms with Crippen molar-refractivity contribution in [2.75, 3.05) is 13.1 Å². The number of piperidine rings is 1. The topological polar surface area (TPSA) is 69.6 Å². The van der Waals surface area contributed by atoms with E-state index in [2.05, 4.69) is 12.2 Å². The zero-order chi connectivity index (χ0) is 13.3. The van der Waals surface area contributed by atoms with E-state index in [9.17, 15) is 14.7 Å². The molecular formula is C13H22N2O3. The molecule has 18 heavy (non-hydrogen) atoms. The first-order valence-corrected chi connectivity index (χ1v) is 6.77. The summed E-state index contributed by atoms with van der Waals surface area (Å²) in [6, 6.07) is -0.836. The van der Waals surface area contributed by atoms with Gasteiger partial charge in [0.2, 0.25) is 5.91 Å². The number of carbonyl (C=O) groups excluding carboxylic acids is 1. The molecule has 5 heteroatoms. The molecule has 1 amide bonds. The second-order valence-electron chi connectivity index (χ2n) is 5.72. The Hall–Kier alpha value is -1.10. The van der Waals surface area contributed by atoms with Crippen LogP contribution in [0.4, 0.5) is 0 Å². The number of carbonyl (C=O) groups is 2. The second-order valence-corrected chi connectivity index (χ2v) is 5.72. The Morgan fingerprint density at radius 2 is 2.00 bits per heavy atom. The monoisotopic (exact) mass is 254 g/mol. The van der Waals surface area contributed by atoms with Gasteiger partial charge in [-0.1, -0.05) is 13.8 Å². The van der Waals surface area contributed by atoms with Crippen molar-refractivity contribution in [1.82, 2.24) is 10.2 Å². The van der Waals surface area contributed by atoms with Crippen LogP contribution in [0.1, 0.15) is 33.1 Å². The number of nitrogens with zero attached hydrogens (tertiary/aromatic N) is 1. The first kappa shape index (κ1) is 13.3. The van der Waals surface area contributed by atoms with Crippen LogP contribution in [-0.4, -0.2) is 47.1 Å². The van der Waals surface area contributed by atoms with Gasteiger partial charge in [0.15, 0.2) is 0 Å². The highest BCUT2D eigenvalue weighted by molar-refractivity contribution is 5.87. The second kappa shape index (κ2) is 5.26. The summed E-state index contributed by atoms with van der Waals surface area (Å²) in [4.78, 5) is 25.2. The lowest BCUT2D eigenvalue weighted by Gasteiger charge is -2.32. The number of rotatable bonds is 2. The van der Waals surface area contributed by atoms with Crippen molar-refractivity contribution in [1.29, 1.82) is 0 Å². The van der Waals surface area contributed by atoms with E-state index in [4.69, 9.17) is 0 Å². The van der Waals surface area contributed by atoms with Gasteiger partial charge in [-0.15, -0.1) is 0 Å². The highest BCUT2D eigenvalue weighted by Crippen LogP contribution is 2.26. The lowest BCUT2D eigenvalue weighted by atomic mass is 9.93. The summed E-state index contributed by atoms with van der Waals surface area (Å²) in [5.74, 6) is -0.327. The predicted octanol–water partition coefficient (Wildman–Crippen LogP) is 0.696. The molecule has 0 radical (unpaired) electrons. The van der Waals surface area contributed by atoms with Gasteiger partial charge in [0.1, 0.15) is 6.04 Å². The van der Waals surface area contributed by atoms with Gasteiger partial charge in [-0.25, -0.2) is 4.79 Å². The van der Waals surface area contributed by atoms with Crippen molar-refractivity contribution in [3.63, 3.8) is 0 Å². The van der Waals surface area contributed by atoms with Crippen LogP contribution in [0.15, 0.2) is 0 Å². The quantitative estimate of drug-likeness (QED) is 0.761. The maximum atomic E-state index is 12.4. The molecule has 0 aromatic carbocycles. The van der Waals surface area contributed by atoms with Crippen molar-refractivity contribution >= 4 is 11.9 Å². The van der Waals surface area contributed by atoms with E-state index < -0.39 is 12.0 Å².